The molecule has 0 N–H and O–H groups in total. The molecule has 0 saturated carbocycles. The zero-order valence-electron chi connectivity index (χ0n) is 18.5. The average Bonchev–Trinajstić information content (AvgIpc) is 2.83. The first-order valence-corrected chi connectivity index (χ1v) is 12.2. The predicted octanol–water partition coefficient (Wildman–Crippen LogP) is 3.51. The molecule has 30 heavy (non-hydrogen) atoms. The summed E-state index contributed by atoms with van der Waals surface area (Å²) in [5.41, 5.74) is 0.821. The number of hydrogen-bond donors (Lipinski definition) is 0. The molecule has 0 aliphatic carbocycles. The van der Waals surface area contributed by atoms with Gasteiger partial charge in [0.1, 0.15) is 0 Å². The Hall–Kier alpha value is -1.43. The van der Waals surface area contributed by atoms with Crippen LogP contribution in [0.25, 0.3) is 0 Å². The highest BCUT2D eigenvalue weighted by atomic mass is 16.5. The van der Waals surface area contributed by atoms with Crippen LogP contribution in [0.15, 0.2) is 30.3 Å². The molecule has 1 aromatic carbocycles. The fourth-order valence-electron chi connectivity index (χ4n) is 5.34. The van der Waals surface area contributed by atoms with Gasteiger partial charge in [-0.05, 0) is 69.7 Å². The number of carbonyl (C=O) groups is 1. The molecule has 0 bridgehead atoms. The van der Waals surface area contributed by atoms with E-state index in [4.69, 9.17) is 4.74 Å². The second kappa shape index (κ2) is 11.3. The van der Waals surface area contributed by atoms with Crippen LogP contribution in [-0.2, 0) is 4.74 Å². The Bertz CT molecular complexity index is 633. The van der Waals surface area contributed by atoms with E-state index >= 15 is 0 Å². The molecule has 0 unspecified atom stereocenters. The number of nitrogens with zero attached hydrogens (tertiary/aromatic N) is 3. The molecule has 0 spiro atoms. The van der Waals surface area contributed by atoms with E-state index in [9.17, 15) is 4.79 Å². The van der Waals surface area contributed by atoms with Crippen molar-refractivity contribution in [1.29, 1.82) is 0 Å². The molecule has 0 aromatic heterocycles. The molecule has 166 valence electrons. The van der Waals surface area contributed by atoms with Crippen LogP contribution in [0.3, 0.4) is 0 Å². The summed E-state index contributed by atoms with van der Waals surface area (Å²) in [6, 6.07) is 10.4. The largest absolute Gasteiger partial charge is 0.381 e. The number of amides is 1. The molecule has 3 saturated heterocycles. The third-order valence-corrected chi connectivity index (χ3v) is 7.27. The molecular weight excluding hydrogens is 374 g/mol. The van der Waals surface area contributed by atoms with Gasteiger partial charge in [0.25, 0.3) is 5.91 Å². The minimum atomic E-state index is 0.195. The molecule has 3 heterocycles. The third kappa shape index (κ3) is 6.05. The number of ether oxygens (including phenoxy) is 1. The van der Waals surface area contributed by atoms with Crippen molar-refractivity contribution in [2.75, 3.05) is 59.0 Å². The van der Waals surface area contributed by atoms with Crippen LogP contribution in [0.1, 0.15) is 55.3 Å². The predicted molar refractivity (Wildman–Crippen MR) is 121 cm³/mol. The summed E-state index contributed by atoms with van der Waals surface area (Å²) in [6.07, 6.45) is 8.73. The smallest absolute Gasteiger partial charge is 0.253 e. The van der Waals surface area contributed by atoms with Crippen molar-refractivity contribution >= 4 is 5.91 Å². The molecule has 0 radical (unpaired) electrons. The number of carbonyl (C=O) groups excluding carboxylic acids is 1. The minimum absolute atomic E-state index is 0.195. The molecule has 3 aliphatic rings. The molecule has 5 nitrogen and oxygen atoms in total. The van der Waals surface area contributed by atoms with Gasteiger partial charge in [0, 0.05) is 57.5 Å². The minimum Gasteiger partial charge on any atom is -0.381 e. The maximum Gasteiger partial charge on any atom is 0.253 e. The van der Waals surface area contributed by atoms with E-state index in [-0.39, 0.29) is 5.91 Å². The van der Waals surface area contributed by atoms with E-state index in [1.807, 2.05) is 30.3 Å². The standard InChI is InChI=1S/C25H39N3O2/c29-25(23-7-3-1-4-8-23)27-15-9-22(10-16-27)21-28(24-11-19-30-20-12-24)18-17-26-13-5-2-6-14-26/h1,3-4,7-8,22,24H,2,5-6,9-21H2. The van der Waals surface area contributed by atoms with Crippen LogP contribution in [0, 0.1) is 5.92 Å². The monoisotopic (exact) mass is 413 g/mol. The summed E-state index contributed by atoms with van der Waals surface area (Å²) in [7, 11) is 0. The zero-order chi connectivity index (χ0) is 20.6. The van der Waals surface area contributed by atoms with E-state index in [2.05, 4.69) is 14.7 Å². The van der Waals surface area contributed by atoms with Crippen molar-refractivity contribution in [2.24, 2.45) is 5.92 Å². The summed E-state index contributed by atoms with van der Waals surface area (Å²) in [4.78, 5) is 20.2. The van der Waals surface area contributed by atoms with E-state index < -0.39 is 0 Å². The maximum atomic E-state index is 12.7. The highest BCUT2D eigenvalue weighted by Gasteiger charge is 2.28. The number of rotatable bonds is 7. The topological polar surface area (TPSA) is 36.0 Å². The van der Waals surface area contributed by atoms with Gasteiger partial charge < -0.3 is 14.5 Å². The Morgan fingerprint density at radius 3 is 2.33 bits per heavy atom. The van der Waals surface area contributed by atoms with E-state index in [1.54, 1.807) is 0 Å². The van der Waals surface area contributed by atoms with E-state index in [0.717, 1.165) is 44.7 Å². The first-order chi connectivity index (χ1) is 14.8. The van der Waals surface area contributed by atoms with Gasteiger partial charge in [0.05, 0.1) is 0 Å². The van der Waals surface area contributed by atoms with Gasteiger partial charge >= 0.3 is 0 Å². The van der Waals surface area contributed by atoms with Gasteiger partial charge in [-0.2, -0.15) is 0 Å². The lowest BCUT2D eigenvalue weighted by molar-refractivity contribution is 0.0185. The van der Waals surface area contributed by atoms with Gasteiger partial charge in [-0.25, -0.2) is 0 Å². The summed E-state index contributed by atoms with van der Waals surface area (Å²) in [5, 5.41) is 0. The van der Waals surface area contributed by atoms with E-state index in [0.29, 0.717) is 12.0 Å². The third-order valence-electron chi connectivity index (χ3n) is 7.27. The van der Waals surface area contributed by atoms with Gasteiger partial charge in [-0.1, -0.05) is 24.6 Å². The second-order valence-corrected chi connectivity index (χ2v) is 9.34. The Morgan fingerprint density at radius 1 is 0.933 bits per heavy atom. The van der Waals surface area contributed by atoms with Crippen LogP contribution in [0.5, 0.6) is 0 Å². The highest BCUT2D eigenvalue weighted by Crippen LogP contribution is 2.23. The van der Waals surface area contributed by atoms with E-state index in [1.165, 1.54) is 64.8 Å². The Labute approximate surface area is 182 Å². The van der Waals surface area contributed by atoms with Crippen LogP contribution in [-0.4, -0.2) is 85.7 Å². The Morgan fingerprint density at radius 2 is 1.63 bits per heavy atom. The molecular formula is C25H39N3O2. The summed E-state index contributed by atoms with van der Waals surface area (Å²) in [5.74, 6) is 0.898. The van der Waals surface area contributed by atoms with Gasteiger partial charge in [-0.15, -0.1) is 0 Å². The summed E-state index contributed by atoms with van der Waals surface area (Å²) < 4.78 is 5.64. The Balaban J connectivity index is 1.28. The number of piperidine rings is 2. The normalized spacial score (nSPS) is 22.5. The van der Waals surface area contributed by atoms with Crippen molar-refractivity contribution in [3.8, 4) is 0 Å². The number of hydrogen-bond acceptors (Lipinski definition) is 4. The Kier molecular flexibility index (Phi) is 8.18. The highest BCUT2D eigenvalue weighted by molar-refractivity contribution is 5.94. The molecule has 4 rings (SSSR count). The zero-order valence-corrected chi connectivity index (χ0v) is 18.5. The SMILES string of the molecule is O=C(c1ccccc1)N1CCC(CN(CCN2CCCCC2)C2CCOCC2)CC1. The van der Waals surface area contributed by atoms with Crippen LogP contribution >= 0.6 is 0 Å². The molecule has 0 atom stereocenters. The van der Waals surface area contributed by atoms with Crippen LogP contribution in [0.2, 0.25) is 0 Å². The van der Waals surface area contributed by atoms with Crippen LogP contribution in [0.4, 0.5) is 0 Å². The van der Waals surface area contributed by atoms with Gasteiger partial charge in [-0.3, -0.25) is 9.69 Å². The molecule has 3 aliphatic heterocycles. The first-order valence-electron chi connectivity index (χ1n) is 12.2. The van der Waals surface area contributed by atoms with Crippen molar-refractivity contribution in [2.45, 2.75) is 51.0 Å². The summed E-state index contributed by atoms with van der Waals surface area (Å²) >= 11 is 0. The van der Waals surface area contributed by atoms with Crippen molar-refractivity contribution in [1.82, 2.24) is 14.7 Å². The number of benzene rings is 1. The fraction of sp³-hybridized carbons (Fsp3) is 0.720. The van der Waals surface area contributed by atoms with Gasteiger partial charge in [0.15, 0.2) is 0 Å². The average molecular weight is 414 g/mol. The maximum absolute atomic E-state index is 12.7. The van der Waals surface area contributed by atoms with Crippen LogP contribution < -0.4 is 0 Å². The lowest BCUT2D eigenvalue weighted by Gasteiger charge is -2.40. The van der Waals surface area contributed by atoms with Crippen molar-refractivity contribution in [3.05, 3.63) is 35.9 Å². The first kappa shape index (κ1) is 21.8. The molecule has 1 amide bonds. The van der Waals surface area contributed by atoms with Gasteiger partial charge in [0.2, 0.25) is 0 Å². The number of likely N-dealkylation sites (tertiary alicyclic amines) is 2. The quantitative estimate of drug-likeness (QED) is 0.685. The molecule has 1 aromatic rings. The fourth-order valence-corrected chi connectivity index (χ4v) is 5.34. The lowest BCUT2D eigenvalue weighted by atomic mass is 9.94. The van der Waals surface area contributed by atoms with Crippen molar-refractivity contribution in [3.63, 3.8) is 0 Å². The summed E-state index contributed by atoms with van der Waals surface area (Å²) in [6.45, 7) is 9.76. The van der Waals surface area contributed by atoms with Crippen molar-refractivity contribution < 1.29 is 9.53 Å². The lowest BCUT2D eigenvalue weighted by Crippen LogP contribution is -2.48. The molecule has 5 heteroatoms. The second-order valence-electron chi connectivity index (χ2n) is 9.34. The molecule has 3 fully saturated rings.